The zero-order valence-corrected chi connectivity index (χ0v) is 14.8. The van der Waals surface area contributed by atoms with Gasteiger partial charge in [0.25, 0.3) is 0 Å². The molecule has 0 saturated heterocycles. The average molecular weight is 349 g/mol. The Hall–Kier alpha value is -0.203. The predicted molar refractivity (Wildman–Crippen MR) is 90.7 cm³/mol. The van der Waals surface area contributed by atoms with E-state index in [0.717, 1.165) is 30.9 Å². The van der Waals surface area contributed by atoms with Crippen molar-refractivity contribution >= 4 is 39.2 Å². The molecule has 0 aromatic heterocycles. The van der Waals surface area contributed by atoms with Crippen molar-refractivity contribution in [2.24, 2.45) is 0 Å². The molecule has 1 aromatic carbocycles. The number of halogens is 3. The van der Waals surface area contributed by atoms with E-state index in [-0.39, 0.29) is 0 Å². The first-order valence-corrected chi connectivity index (χ1v) is 12.3. The fourth-order valence-corrected chi connectivity index (χ4v) is 3.96. The molecule has 1 nitrogen and oxygen atoms in total. The zero-order valence-electron chi connectivity index (χ0n) is 11.5. The third-order valence-corrected chi connectivity index (χ3v) is 5.88. The van der Waals surface area contributed by atoms with E-state index < -0.39 is 6.00 Å². The van der Waals surface area contributed by atoms with Crippen LogP contribution in [0.4, 0.5) is 0 Å². The van der Waals surface area contributed by atoms with Crippen LogP contribution >= 0.6 is 33.2 Å². The molecule has 0 aliphatic carbocycles. The van der Waals surface area contributed by atoms with Crippen LogP contribution in [0.3, 0.4) is 0 Å². The molecule has 0 N–H and O–H groups in total. The number of nitrogens with zero attached hydrogens (tertiary/aromatic N) is 1. The molecule has 0 atom stereocenters. The topological polar surface area (TPSA) is 23.8 Å². The lowest BCUT2D eigenvalue weighted by molar-refractivity contribution is 0.607. The first-order valence-electron chi connectivity index (χ1n) is 7.07. The van der Waals surface area contributed by atoms with Crippen LogP contribution in [0, 0.1) is 11.3 Å². The second-order valence-electron chi connectivity index (χ2n) is 5.05. The molecular weight excluding hydrogens is 329 g/mol. The Morgan fingerprint density at radius 3 is 1.95 bits per heavy atom. The van der Waals surface area contributed by atoms with E-state index in [0.29, 0.717) is 0 Å². The largest absolute Gasteiger partial charge is 0.341 e. The summed E-state index contributed by atoms with van der Waals surface area (Å²) in [5.74, 6) is 0. The Bertz CT molecular complexity index is 420. The Balaban J connectivity index is 2.01. The molecule has 0 amide bonds. The minimum Gasteiger partial charge on any atom is -0.192 e. The number of benzene rings is 1. The summed E-state index contributed by atoms with van der Waals surface area (Å²) >= 11 is 17.5. The van der Waals surface area contributed by atoms with Crippen molar-refractivity contribution in [1.29, 1.82) is 5.26 Å². The van der Waals surface area contributed by atoms with Crippen LogP contribution in [0.2, 0.25) is 6.04 Å². The predicted octanol–water partition coefficient (Wildman–Crippen LogP) is 6.10. The molecule has 20 heavy (non-hydrogen) atoms. The van der Waals surface area contributed by atoms with Crippen molar-refractivity contribution in [2.45, 2.75) is 51.0 Å². The highest BCUT2D eigenvalue weighted by Gasteiger charge is 2.23. The molecule has 0 aliphatic heterocycles. The van der Waals surface area contributed by atoms with Crippen LogP contribution in [0.25, 0.3) is 0 Å². The van der Waals surface area contributed by atoms with E-state index in [4.69, 9.17) is 38.5 Å². The van der Waals surface area contributed by atoms with Gasteiger partial charge in [-0.3, -0.25) is 0 Å². The van der Waals surface area contributed by atoms with Crippen molar-refractivity contribution in [3.8, 4) is 6.07 Å². The second kappa shape index (κ2) is 9.68. The van der Waals surface area contributed by atoms with Crippen LogP contribution in [0.1, 0.15) is 49.7 Å². The lowest BCUT2D eigenvalue weighted by Crippen LogP contribution is -2.07. The maximum absolute atomic E-state index is 8.72. The first kappa shape index (κ1) is 17.8. The van der Waals surface area contributed by atoms with Gasteiger partial charge in [0.2, 0.25) is 0 Å². The van der Waals surface area contributed by atoms with E-state index in [2.05, 4.69) is 6.07 Å². The summed E-state index contributed by atoms with van der Waals surface area (Å²) in [6.45, 7) is 0. The van der Waals surface area contributed by atoms with Crippen LogP contribution in [-0.2, 0) is 6.42 Å². The van der Waals surface area contributed by atoms with Gasteiger partial charge in [0.05, 0.1) is 11.6 Å². The Morgan fingerprint density at radius 2 is 1.40 bits per heavy atom. The molecule has 0 spiro atoms. The molecule has 0 saturated carbocycles. The highest BCUT2D eigenvalue weighted by Crippen LogP contribution is 2.27. The lowest BCUT2D eigenvalue weighted by Gasteiger charge is -2.07. The molecule has 110 valence electrons. The Kier molecular flexibility index (Phi) is 8.64. The fraction of sp³-hybridized carbons (Fsp3) is 0.533. The van der Waals surface area contributed by atoms with Crippen molar-refractivity contribution < 1.29 is 0 Å². The normalized spacial score (nSPS) is 11.3. The smallest absolute Gasteiger partial charge is 0.192 e. The fourth-order valence-electron chi connectivity index (χ4n) is 2.11. The van der Waals surface area contributed by atoms with Gasteiger partial charge in [-0.1, -0.05) is 44.2 Å². The highest BCUT2D eigenvalue weighted by molar-refractivity contribution is 7.64. The number of nitriles is 1. The van der Waals surface area contributed by atoms with Crippen molar-refractivity contribution in [3.63, 3.8) is 0 Å². The van der Waals surface area contributed by atoms with Gasteiger partial charge in [0.1, 0.15) is 0 Å². The van der Waals surface area contributed by atoms with Crippen molar-refractivity contribution in [2.75, 3.05) is 0 Å². The van der Waals surface area contributed by atoms with Gasteiger partial charge in [0.15, 0.2) is 0 Å². The van der Waals surface area contributed by atoms with Gasteiger partial charge in [-0.05, 0) is 36.6 Å². The third kappa shape index (κ3) is 8.87. The van der Waals surface area contributed by atoms with Gasteiger partial charge >= 0.3 is 6.00 Å². The number of hydrogen-bond donors (Lipinski definition) is 0. The van der Waals surface area contributed by atoms with E-state index in [1.807, 2.05) is 24.3 Å². The van der Waals surface area contributed by atoms with Gasteiger partial charge in [-0.25, -0.2) is 0 Å². The third-order valence-electron chi connectivity index (χ3n) is 3.26. The first-order chi connectivity index (χ1) is 9.51. The minimum atomic E-state index is -2.39. The number of unbranched alkanes of at least 4 members (excludes halogenated alkanes) is 5. The number of hydrogen-bond acceptors (Lipinski definition) is 1. The number of aryl methyl sites for hydroxylation is 1. The summed E-state index contributed by atoms with van der Waals surface area (Å²) in [6.07, 6.45) is 8.21. The molecule has 0 aliphatic rings. The Morgan fingerprint density at radius 1 is 0.850 bits per heavy atom. The van der Waals surface area contributed by atoms with E-state index in [1.165, 1.54) is 31.2 Å². The monoisotopic (exact) mass is 347 g/mol. The van der Waals surface area contributed by atoms with Crippen LogP contribution in [0.5, 0.6) is 0 Å². The van der Waals surface area contributed by atoms with E-state index in [1.54, 1.807) is 0 Å². The standard InChI is InChI=1S/C15H20Cl3NSi/c16-20(17,18)12-6-4-2-1-3-5-7-14-8-10-15(13-19)11-9-14/h8-11H,1-7,12H2. The van der Waals surface area contributed by atoms with Gasteiger partial charge < -0.3 is 0 Å². The molecular formula is C15H20Cl3NSi. The van der Waals surface area contributed by atoms with Crippen LogP contribution in [0.15, 0.2) is 24.3 Å². The maximum Gasteiger partial charge on any atom is 0.341 e. The molecule has 0 unspecified atom stereocenters. The average Bonchev–Trinajstić information content (AvgIpc) is 2.41. The summed E-state index contributed by atoms with van der Waals surface area (Å²) in [6, 6.07) is 8.39. The molecule has 1 rings (SSSR count). The summed E-state index contributed by atoms with van der Waals surface area (Å²) in [4.78, 5) is 0. The quantitative estimate of drug-likeness (QED) is 0.300. The highest BCUT2D eigenvalue weighted by atomic mass is 35.8. The molecule has 0 fully saturated rings. The van der Waals surface area contributed by atoms with Gasteiger partial charge in [-0.2, -0.15) is 5.26 Å². The van der Waals surface area contributed by atoms with E-state index in [9.17, 15) is 0 Å². The summed E-state index contributed by atoms with van der Waals surface area (Å²) in [5, 5.41) is 8.72. The maximum atomic E-state index is 8.72. The second-order valence-corrected chi connectivity index (χ2v) is 14.3. The van der Waals surface area contributed by atoms with Crippen molar-refractivity contribution in [1.82, 2.24) is 0 Å². The SMILES string of the molecule is N#Cc1ccc(CCCCCCCC[Si](Cl)(Cl)Cl)cc1. The Labute approximate surface area is 137 Å². The van der Waals surface area contributed by atoms with Gasteiger partial charge in [-0.15, -0.1) is 33.2 Å². The minimum absolute atomic E-state index is 0.728. The lowest BCUT2D eigenvalue weighted by atomic mass is 10.0. The molecule has 0 heterocycles. The van der Waals surface area contributed by atoms with Crippen LogP contribution in [-0.4, -0.2) is 6.00 Å². The summed E-state index contributed by atoms with van der Waals surface area (Å²) < 4.78 is 0. The molecule has 0 bridgehead atoms. The van der Waals surface area contributed by atoms with Crippen molar-refractivity contribution in [3.05, 3.63) is 35.4 Å². The number of rotatable bonds is 9. The molecule has 1 aromatic rings. The zero-order chi connectivity index (χ0) is 14.8. The summed E-state index contributed by atoms with van der Waals surface area (Å²) in [7, 11) is 0. The van der Waals surface area contributed by atoms with Gasteiger partial charge in [0, 0.05) is 0 Å². The molecule has 0 radical (unpaired) electrons. The summed E-state index contributed by atoms with van der Waals surface area (Å²) in [5.41, 5.74) is 2.04. The van der Waals surface area contributed by atoms with Crippen LogP contribution < -0.4 is 0 Å². The molecule has 5 heteroatoms. The van der Waals surface area contributed by atoms with E-state index >= 15 is 0 Å².